The van der Waals surface area contributed by atoms with Gasteiger partial charge in [-0.2, -0.15) is 0 Å². The van der Waals surface area contributed by atoms with Gasteiger partial charge in [0.25, 0.3) is 0 Å². The van der Waals surface area contributed by atoms with E-state index in [4.69, 9.17) is 4.42 Å². The normalized spacial score (nSPS) is 10.9. The number of furan rings is 1. The van der Waals surface area contributed by atoms with E-state index in [2.05, 4.69) is 22.1 Å². The van der Waals surface area contributed by atoms with Gasteiger partial charge in [-0.1, -0.05) is 48.2 Å². The van der Waals surface area contributed by atoms with Crippen molar-refractivity contribution in [1.29, 1.82) is 0 Å². The summed E-state index contributed by atoms with van der Waals surface area (Å²) in [6, 6.07) is 17.5. The summed E-state index contributed by atoms with van der Waals surface area (Å²) in [5.74, 6) is 1.36. The first-order valence-electron chi connectivity index (χ1n) is 8.74. The maximum Gasteiger partial charge on any atom is 0.234 e. The van der Waals surface area contributed by atoms with E-state index in [0.717, 1.165) is 16.5 Å². The Morgan fingerprint density at radius 3 is 2.79 bits per heavy atom. The molecule has 0 spiro atoms. The Morgan fingerprint density at radius 1 is 1.14 bits per heavy atom. The highest BCUT2D eigenvalue weighted by Crippen LogP contribution is 2.25. The van der Waals surface area contributed by atoms with Gasteiger partial charge in [-0.3, -0.25) is 9.36 Å². The van der Waals surface area contributed by atoms with Crippen LogP contribution in [0.25, 0.3) is 22.4 Å². The molecule has 0 atom stereocenters. The lowest BCUT2D eigenvalue weighted by Gasteiger charge is -2.08. The standard InChI is InChI=1S/C21H18N4O2S/c1-2-11-25-20(18-8-5-12-27-18)23-24-21(25)28-14-19(26)22-17-10-9-15-6-3-4-7-16(15)13-17/h2-10,12-13H,1,11,14H2,(H,22,26). The highest BCUT2D eigenvalue weighted by atomic mass is 32.2. The molecule has 4 aromatic rings. The van der Waals surface area contributed by atoms with Gasteiger partial charge in [0.2, 0.25) is 11.7 Å². The monoisotopic (exact) mass is 390 g/mol. The molecule has 0 bridgehead atoms. The molecule has 0 aliphatic rings. The largest absolute Gasteiger partial charge is 0.461 e. The van der Waals surface area contributed by atoms with Crippen LogP contribution < -0.4 is 5.32 Å². The average Bonchev–Trinajstić information content (AvgIpc) is 3.36. The molecule has 0 aliphatic carbocycles. The van der Waals surface area contributed by atoms with Gasteiger partial charge < -0.3 is 9.73 Å². The molecule has 1 amide bonds. The van der Waals surface area contributed by atoms with Gasteiger partial charge in [-0.15, -0.1) is 16.8 Å². The molecule has 140 valence electrons. The zero-order chi connectivity index (χ0) is 19.3. The molecular weight excluding hydrogens is 372 g/mol. The molecule has 28 heavy (non-hydrogen) atoms. The van der Waals surface area contributed by atoms with Crippen molar-refractivity contribution in [2.45, 2.75) is 11.7 Å². The Hall–Kier alpha value is -3.32. The summed E-state index contributed by atoms with van der Waals surface area (Å²) in [5.41, 5.74) is 0.771. The molecule has 0 fully saturated rings. The fourth-order valence-corrected chi connectivity index (χ4v) is 3.62. The number of allylic oxidation sites excluding steroid dienone is 1. The van der Waals surface area contributed by atoms with Gasteiger partial charge in [0.1, 0.15) is 0 Å². The highest BCUT2D eigenvalue weighted by Gasteiger charge is 2.16. The van der Waals surface area contributed by atoms with Crippen LogP contribution >= 0.6 is 11.8 Å². The number of thioether (sulfide) groups is 1. The van der Waals surface area contributed by atoms with Crippen molar-refractivity contribution in [3.63, 3.8) is 0 Å². The van der Waals surface area contributed by atoms with Crippen LogP contribution in [0.2, 0.25) is 0 Å². The summed E-state index contributed by atoms with van der Waals surface area (Å²) >= 11 is 1.32. The van der Waals surface area contributed by atoms with Crippen molar-refractivity contribution in [2.24, 2.45) is 0 Å². The maximum atomic E-state index is 12.4. The Morgan fingerprint density at radius 2 is 2.00 bits per heavy atom. The van der Waals surface area contributed by atoms with Crippen molar-refractivity contribution in [1.82, 2.24) is 14.8 Å². The van der Waals surface area contributed by atoms with Gasteiger partial charge in [-0.05, 0) is 35.0 Å². The number of nitrogens with zero attached hydrogens (tertiary/aromatic N) is 3. The Balaban J connectivity index is 1.45. The zero-order valence-corrected chi connectivity index (χ0v) is 15.9. The SMILES string of the molecule is C=CCn1c(SCC(=O)Nc2ccc3ccccc3c2)nnc1-c1ccco1. The molecule has 4 rings (SSSR count). The number of hydrogen-bond acceptors (Lipinski definition) is 5. The van der Waals surface area contributed by atoms with Crippen molar-refractivity contribution in [3.05, 3.63) is 73.5 Å². The number of hydrogen-bond donors (Lipinski definition) is 1. The summed E-state index contributed by atoms with van der Waals surface area (Å²) in [6.45, 7) is 4.30. The van der Waals surface area contributed by atoms with Crippen LogP contribution in [0.3, 0.4) is 0 Å². The van der Waals surface area contributed by atoms with E-state index >= 15 is 0 Å². The molecule has 2 aromatic carbocycles. The third-order valence-electron chi connectivity index (χ3n) is 4.14. The average molecular weight is 390 g/mol. The number of benzene rings is 2. The number of fused-ring (bicyclic) bond motifs is 1. The third-order valence-corrected chi connectivity index (χ3v) is 5.10. The second-order valence-corrected chi connectivity index (χ2v) is 7.02. The van der Waals surface area contributed by atoms with Crippen molar-refractivity contribution in [2.75, 3.05) is 11.1 Å². The highest BCUT2D eigenvalue weighted by molar-refractivity contribution is 7.99. The Kier molecular flexibility index (Phi) is 5.25. The molecule has 2 aromatic heterocycles. The van der Waals surface area contributed by atoms with Crippen molar-refractivity contribution < 1.29 is 9.21 Å². The van der Waals surface area contributed by atoms with Crippen LogP contribution in [0.5, 0.6) is 0 Å². The fraction of sp³-hybridized carbons (Fsp3) is 0.0952. The summed E-state index contributed by atoms with van der Waals surface area (Å²) in [5, 5.41) is 14.2. The molecule has 0 saturated heterocycles. The quantitative estimate of drug-likeness (QED) is 0.369. The fourth-order valence-electron chi connectivity index (χ4n) is 2.87. The topological polar surface area (TPSA) is 73.0 Å². The number of anilines is 1. The van der Waals surface area contributed by atoms with Crippen LogP contribution in [-0.4, -0.2) is 26.4 Å². The van der Waals surface area contributed by atoms with Crippen molar-refractivity contribution in [3.8, 4) is 11.6 Å². The number of carbonyl (C=O) groups excluding carboxylic acids is 1. The smallest absolute Gasteiger partial charge is 0.234 e. The second kappa shape index (κ2) is 8.14. The van der Waals surface area contributed by atoms with Crippen LogP contribution in [0.1, 0.15) is 0 Å². The predicted octanol–water partition coefficient (Wildman–Crippen LogP) is 4.61. The van der Waals surface area contributed by atoms with Gasteiger partial charge >= 0.3 is 0 Å². The van der Waals surface area contributed by atoms with Gasteiger partial charge in [0, 0.05) is 12.2 Å². The van der Waals surface area contributed by atoms with Gasteiger partial charge in [0.15, 0.2) is 10.9 Å². The molecule has 0 saturated carbocycles. The molecule has 6 nitrogen and oxygen atoms in total. The van der Waals surface area contributed by atoms with E-state index in [0.29, 0.717) is 23.3 Å². The number of nitrogens with one attached hydrogen (secondary N) is 1. The second-order valence-electron chi connectivity index (χ2n) is 6.08. The molecular formula is C21H18N4O2S. The third kappa shape index (κ3) is 3.84. The molecule has 0 aliphatic heterocycles. The van der Waals surface area contributed by atoms with E-state index in [-0.39, 0.29) is 11.7 Å². The Bertz CT molecular complexity index is 1120. The van der Waals surface area contributed by atoms with E-state index in [9.17, 15) is 4.79 Å². The van der Waals surface area contributed by atoms with Crippen LogP contribution in [-0.2, 0) is 11.3 Å². The van der Waals surface area contributed by atoms with E-state index in [1.165, 1.54) is 11.8 Å². The lowest BCUT2D eigenvalue weighted by atomic mass is 10.1. The van der Waals surface area contributed by atoms with Crippen LogP contribution in [0.15, 0.2) is 83.1 Å². The van der Waals surface area contributed by atoms with Crippen LogP contribution in [0, 0.1) is 0 Å². The minimum atomic E-state index is -0.104. The Labute approximate surface area is 166 Å². The first kappa shape index (κ1) is 18.1. The van der Waals surface area contributed by atoms with Crippen molar-refractivity contribution >= 4 is 34.1 Å². The minimum absolute atomic E-state index is 0.104. The first-order chi connectivity index (χ1) is 13.7. The summed E-state index contributed by atoms with van der Waals surface area (Å²) in [6.07, 6.45) is 3.35. The molecule has 1 N–H and O–H groups in total. The molecule has 0 radical (unpaired) electrons. The maximum absolute atomic E-state index is 12.4. The summed E-state index contributed by atoms with van der Waals surface area (Å²) in [4.78, 5) is 12.4. The zero-order valence-electron chi connectivity index (χ0n) is 15.0. The lowest BCUT2D eigenvalue weighted by Crippen LogP contribution is -2.14. The summed E-state index contributed by atoms with van der Waals surface area (Å²) in [7, 11) is 0. The van der Waals surface area contributed by atoms with E-state index < -0.39 is 0 Å². The van der Waals surface area contributed by atoms with Gasteiger partial charge in [0.05, 0.1) is 12.0 Å². The van der Waals surface area contributed by atoms with Gasteiger partial charge in [-0.25, -0.2) is 0 Å². The number of carbonyl (C=O) groups is 1. The molecule has 7 heteroatoms. The number of aromatic nitrogens is 3. The predicted molar refractivity (Wildman–Crippen MR) is 111 cm³/mol. The number of amides is 1. The lowest BCUT2D eigenvalue weighted by molar-refractivity contribution is -0.113. The first-order valence-corrected chi connectivity index (χ1v) is 9.72. The van der Waals surface area contributed by atoms with Crippen LogP contribution in [0.4, 0.5) is 5.69 Å². The minimum Gasteiger partial charge on any atom is -0.461 e. The molecule has 0 unspecified atom stereocenters. The number of rotatable bonds is 7. The molecule has 2 heterocycles. The summed E-state index contributed by atoms with van der Waals surface area (Å²) < 4.78 is 7.29. The van der Waals surface area contributed by atoms with E-state index in [1.54, 1.807) is 18.4 Å². The van der Waals surface area contributed by atoms with E-state index in [1.807, 2.05) is 53.1 Å².